The summed E-state index contributed by atoms with van der Waals surface area (Å²) in [4.78, 5) is 21.4. The number of hydrogen-bond acceptors (Lipinski definition) is 5. The second-order valence-electron chi connectivity index (χ2n) is 5.22. The van der Waals surface area contributed by atoms with Gasteiger partial charge in [-0.1, -0.05) is 13.8 Å². The van der Waals surface area contributed by atoms with E-state index in [1.807, 2.05) is 19.2 Å². The zero-order valence-electron chi connectivity index (χ0n) is 11.5. The predicted molar refractivity (Wildman–Crippen MR) is 69.8 cm³/mol. The molecule has 1 heterocycles. The third kappa shape index (κ3) is 5.40. The highest BCUT2D eigenvalue weighted by Crippen LogP contribution is 2.25. The van der Waals surface area contributed by atoms with E-state index in [1.165, 1.54) is 6.08 Å². The number of ether oxygens (including phenoxy) is 2. The lowest BCUT2D eigenvalue weighted by Crippen LogP contribution is -2.33. The molecule has 0 radical (unpaired) electrons. The van der Waals surface area contributed by atoms with Gasteiger partial charge in [-0.3, -0.25) is 14.9 Å². The molecule has 6 nitrogen and oxygen atoms in total. The molecule has 1 rings (SSSR count). The number of carbonyl (C=O) groups excluding carboxylic acids is 2. The standard InChI is InChI=1S/C13H22N2O4/c1-13(2,10(14)7-11(17)15-9-16)8-19-12-5-3-4-6-18-12/h7,9,12H,3-6,8,14H2,1-2H3,(H,15,16,17). The van der Waals surface area contributed by atoms with Crippen molar-refractivity contribution >= 4 is 12.3 Å². The Morgan fingerprint density at radius 2 is 2.26 bits per heavy atom. The SMILES string of the molecule is CC(C)(COC1CCCCO1)C(N)=CC(=O)NC=O. The van der Waals surface area contributed by atoms with E-state index in [9.17, 15) is 9.59 Å². The van der Waals surface area contributed by atoms with Crippen LogP contribution in [0.2, 0.25) is 0 Å². The summed E-state index contributed by atoms with van der Waals surface area (Å²) in [5, 5.41) is 2.01. The largest absolute Gasteiger partial charge is 0.401 e. The zero-order valence-corrected chi connectivity index (χ0v) is 11.5. The molecule has 1 unspecified atom stereocenters. The smallest absolute Gasteiger partial charge is 0.252 e. The van der Waals surface area contributed by atoms with Crippen LogP contribution < -0.4 is 11.1 Å². The lowest BCUT2D eigenvalue weighted by atomic mass is 9.90. The molecule has 6 heteroatoms. The number of amides is 2. The van der Waals surface area contributed by atoms with Crippen LogP contribution in [-0.2, 0) is 19.1 Å². The van der Waals surface area contributed by atoms with Gasteiger partial charge in [0.2, 0.25) is 6.41 Å². The van der Waals surface area contributed by atoms with Crippen LogP contribution in [0.3, 0.4) is 0 Å². The monoisotopic (exact) mass is 270 g/mol. The summed E-state index contributed by atoms with van der Waals surface area (Å²) >= 11 is 0. The Bertz CT molecular complexity index is 347. The van der Waals surface area contributed by atoms with Crippen molar-refractivity contribution in [1.82, 2.24) is 5.32 Å². The average molecular weight is 270 g/mol. The first kappa shape index (κ1) is 15.7. The maximum atomic E-state index is 11.2. The third-order valence-electron chi connectivity index (χ3n) is 3.04. The molecule has 1 atom stereocenters. The van der Waals surface area contributed by atoms with E-state index in [0.717, 1.165) is 25.9 Å². The van der Waals surface area contributed by atoms with Gasteiger partial charge in [0.05, 0.1) is 6.61 Å². The van der Waals surface area contributed by atoms with E-state index in [2.05, 4.69) is 0 Å². The maximum Gasteiger partial charge on any atom is 0.252 e. The molecule has 0 bridgehead atoms. The van der Waals surface area contributed by atoms with Crippen LogP contribution in [0.25, 0.3) is 0 Å². The number of hydrogen-bond donors (Lipinski definition) is 2. The fourth-order valence-electron chi connectivity index (χ4n) is 1.66. The molecule has 3 N–H and O–H groups in total. The first-order valence-electron chi connectivity index (χ1n) is 6.41. The van der Waals surface area contributed by atoms with Gasteiger partial charge in [0, 0.05) is 23.8 Å². The van der Waals surface area contributed by atoms with E-state index >= 15 is 0 Å². The lowest BCUT2D eigenvalue weighted by Gasteiger charge is -2.29. The van der Waals surface area contributed by atoms with Gasteiger partial charge in [0.15, 0.2) is 6.29 Å². The van der Waals surface area contributed by atoms with Crippen molar-refractivity contribution < 1.29 is 19.1 Å². The van der Waals surface area contributed by atoms with Crippen molar-refractivity contribution in [3.8, 4) is 0 Å². The van der Waals surface area contributed by atoms with E-state index in [4.69, 9.17) is 15.2 Å². The van der Waals surface area contributed by atoms with Crippen molar-refractivity contribution in [2.45, 2.75) is 39.4 Å². The molecular formula is C13H22N2O4. The summed E-state index contributed by atoms with van der Waals surface area (Å²) in [6.45, 7) is 4.82. The molecular weight excluding hydrogens is 248 g/mol. The Balaban J connectivity index is 2.48. The second kappa shape index (κ2) is 7.25. The Labute approximate surface area is 113 Å². The summed E-state index contributed by atoms with van der Waals surface area (Å²) in [7, 11) is 0. The molecule has 1 aliphatic rings. The van der Waals surface area contributed by atoms with Crippen LogP contribution in [0.4, 0.5) is 0 Å². The zero-order chi connectivity index (χ0) is 14.3. The van der Waals surface area contributed by atoms with Crippen molar-refractivity contribution in [3.05, 3.63) is 11.8 Å². The second-order valence-corrected chi connectivity index (χ2v) is 5.22. The molecule has 108 valence electrons. The predicted octanol–water partition coefficient (Wildman–Crippen LogP) is 0.671. The van der Waals surface area contributed by atoms with E-state index < -0.39 is 11.3 Å². The number of nitrogens with one attached hydrogen (secondary N) is 1. The summed E-state index contributed by atoms with van der Waals surface area (Å²) < 4.78 is 11.1. The van der Waals surface area contributed by atoms with Gasteiger partial charge < -0.3 is 15.2 Å². The quantitative estimate of drug-likeness (QED) is 0.547. The first-order valence-corrected chi connectivity index (χ1v) is 6.41. The molecule has 1 fully saturated rings. The Morgan fingerprint density at radius 3 is 2.84 bits per heavy atom. The van der Waals surface area contributed by atoms with Gasteiger partial charge in [-0.25, -0.2) is 0 Å². The molecule has 0 saturated carbocycles. The summed E-state index contributed by atoms with van der Waals surface area (Å²) in [5.74, 6) is -0.533. The van der Waals surface area contributed by atoms with Gasteiger partial charge in [-0.05, 0) is 19.3 Å². The average Bonchev–Trinajstić information content (AvgIpc) is 2.38. The molecule has 1 saturated heterocycles. The fourth-order valence-corrected chi connectivity index (χ4v) is 1.66. The normalized spacial score (nSPS) is 20.9. The number of carbonyl (C=O) groups is 2. The van der Waals surface area contributed by atoms with Crippen LogP contribution in [0.15, 0.2) is 11.8 Å². The van der Waals surface area contributed by atoms with Crippen molar-refractivity contribution in [3.63, 3.8) is 0 Å². The van der Waals surface area contributed by atoms with Crippen molar-refractivity contribution in [1.29, 1.82) is 0 Å². The number of imide groups is 1. The first-order chi connectivity index (χ1) is 8.95. The summed E-state index contributed by atoms with van der Waals surface area (Å²) in [6.07, 6.45) is 4.38. The van der Waals surface area contributed by atoms with Gasteiger partial charge in [-0.2, -0.15) is 0 Å². The number of nitrogens with two attached hydrogens (primary N) is 1. The Hall–Kier alpha value is -1.40. The van der Waals surface area contributed by atoms with Crippen LogP contribution in [0.5, 0.6) is 0 Å². The van der Waals surface area contributed by atoms with E-state index in [0.29, 0.717) is 18.7 Å². The lowest BCUT2D eigenvalue weighted by molar-refractivity contribution is -0.173. The molecule has 0 aromatic heterocycles. The molecule has 0 spiro atoms. The summed E-state index contributed by atoms with van der Waals surface area (Å²) in [5.41, 5.74) is 5.73. The van der Waals surface area contributed by atoms with Gasteiger partial charge >= 0.3 is 0 Å². The topological polar surface area (TPSA) is 90.7 Å². The van der Waals surface area contributed by atoms with Gasteiger partial charge in [-0.15, -0.1) is 0 Å². The maximum absolute atomic E-state index is 11.2. The number of rotatable bonds is 6. The fraction of sp³-hybridized carbons (Fsp3) is 0.692. The molecule has 0 aromatic carbocycles. The Kier molecular flexibility index (Phi) is 5.98. The van der Waals surface area contributed by atoms with Crippen molar-refractivity contribution in [2.24, 2.45) is 11.1 Å². The van der Waals surface area contributed by atoms with E-state index in [-0.39, 0.29) is 6.29 Å². The highest BCUT2D eigenvalue weighted by atomic mass is 16.7. The molecule has 1 aliphatic heterocycles. The highest BCUT2D eigenvalue weighted by molar-refractivity contribution is 5.94. The molecule has 0 aliphatic carbocycles. The highest BCUT2D eigenvalue weighted by Gasteiger charge is 2.25. The van der Waals surface area contributed by atoms with Crippen LogP contribution in [-0.4, -0.2) is 31.8 Å². The van der Waals surface area contributed by atoms with E-state index in [1.54, 1.807) is 0 Å². The van der Waals surface area contributed by atoms with Crippen LogP contribution in [0.1, 0.15) is 33.1 Å². The minimum atomic E-state index is -0.533. The minimum Gasteiger partial charge on any atom is -0.401 e. The summed E-state index contributed by atoms with van der Waals surface area (Å²) in [6, 6.07) is 0. The van der Waals surface area contributed by atoms with Gasteiger partial charge in [0.25, 0.3) is 5.91 Å². The van der Waals surface area contributed by atoms with Crippen LogP contribution >= 0.6 is 0 Å². The Morgan fingerprint density at radius 1 is 1.53 bits per heavy atom. The molecule has 0 aromatic rings. The third-order valence-corrected chi connectivity index (χ3v) is 3.04. The van der Waals surface area contributed by atoms with Crippen LogP contribution in [0, 0.1) is 5.41 Å². The molecule has 19 heavy (non-hydrogen) atoms. The molecule has 2 amide bonds. The van der Waals surface area contributed by atoms with Crippen molar-refractivity contribution in [2.75, 3.05) is 13.2 Å². The minimum absolute atomic E-state index is 0.190. The van der Waals surface area contributed by atoms with Gasteiger partial charge in [0.1, 0.15) is 0 Å².